The molecular formula is C26H28N2O4. The van der Waals surface area contributed by atoms with E-state index in [0.29, 0.717) is 34.0 Å². The molecular weight excluding hydrogens is 404 g/mol. The van der Waals surface area contributed by atoms with Gasteiger partial charge in [-0.15, -0.1) is 0 Å². The highest BCUT2D eigenvalue weighted by molar-refractivity contribution is 6.06. The van der Waals surface area contributed by atoms with Gasteiger partial charge >= 0.3 is 0 Å². The number of benzene rings is 3. The number of carbonyl (C=O) groups is 2. The number of carbonyl (C=O) groups excluding carboxylic acids is 2. The van der Waals surface area contributed by atoms with Gasteiger partial charge in [0.15, 0.2) is 0 Å². The van der Waals surface area contributed by atoms with Crippen molar-refractivity contribution in [2.45, 2.75) is 26.2 Å². The van der Waals surface area contributed by atoms with Crippen molar-refractivity contribution in [1.29, 1.82) is 0 Å². The van der Waals surface area contributed by atoms with Crippen molar-refractivity contribution in [2.75, 3.05) is 24.9 Å². The molecule has 2 amide bonds. The molecule has 3 rings (SSSR count). The zero-order chi connectivity index (χ0) is 23.3. The van der Waals surface area contributed by atoms with Crippen LogP contribution >= 0.6 is 0 Å². The summed E-state index contributed by atoms with van der Waals surface area (Å²) in [5, 5.41) is 5.70. The Morgan fingerprint density at radius 2 is 1.09 bits per heavy atom. The molecule has 0 aromatic heterocycles. The molecule has 0 spiro atoms. The van der Waals surface area contributed by atoms with Gasteiger partial charge in [0.1, 0.15) is 11.5 Å². The number of nitrogens with one attached hydrogen (secondary N) is 2. The van der Waals surface area contributed by atoms with Crippen molar-refractivity contribution in [3.8, 4) is 11.5 Å². The topological polar surface area (TPSA) is 76.7 Å². The van der Waals surface area contributed by atoms with Gasteiger partial charge in [-0.3, -0.25) is 9.59 Å². The fourth-order valence-corrected chi connectivity index (χ4v) is 3.10. The first-order valence-electron chi connectivity index (χ1n) is 10.3. The maximum Gasteiger partial charge on any atom is 0.255 e. The van der Waals surface area contributed by atoms with Crippen LogP contribution < -0.4 is 20.1 Å². The molecule has 3 aromatic rings. The molecule has 166 valence electrons. The Labute approximate surface area is 188 Å². The average molecular weight is 433 g/mol. The molecule has 32 heavy (non-hydrogen) atoms. The minimum absolute atomic E-state index is 0.0330. The minimum atomic E-state index is -0.294. The van der Waals surface area contributed by atoms with Crippen LogP contribution in [0, 0.1) is 0 Å². The van der Waals surface area contributed by atoms with E-state index in [4.69, 9.17) is 9.47 Å². The molecule has 0 fully saturated rings. The second kappa shape index (κ2) is 9.56. The van der Waals surface area contributed by atoms with Crippen molar-refractivity contribution in [3.05, 3.63) is 83.4 Å². The van der Waals surface area contributed by atoms with Crippen LogP contribution in [0.15, 0.2) is 66.7 Å². The Kier molecular flexibility index (Phi) is 6.83. The quantitative estimate of drug-likeness (QED) is 0.539. The number of hydrogen-bond donors (Lipinski definition) is 2. The number of anilines is 2. The van der Waals surface area contributed by atoms with Crippen LogP contribution in [-0.2, 0) is 5.41 Å². The summed E-state index contributed by atoms with van der Waals surface area (Å²) in [6, 6.07) is 19.5. The molecule has 0 saturated carbocycles. The molecule has 0 radical (unpaired) electrons. The summed E-state index contributed by atoms with van der Waals surface area (Å²) >= 11 is 0. The summed E-state index contributed by atoms with van der Waals surface area (Å²) in [5.41, 5.74) is 3.44. The number of ether oxygens (including phenoxy) is 2. The van der Waals surface area contributed by atoms with E-state index in [9.17, 15) is 9.59 Å². The van der Waals surface area contributed by atoms with Crippen molar-refractivity contribution < 1.29 is 19.1 Å². The van der Waals surface area contributed by atoms with Gasteiger partial charge in [0.25, 0.3) is 11.8 Å². The lowest BCUT2D eigenvalue weighted by Gasteiger charge is -2.19. The lowest BCUT2D eigenvalue weighted by atomic mass is 9.87. The Hall–Kier alpha value is -3.80. The minimum Gasteiger partial charge on any atom is -0.497 e. The third kappa shape index (κ3) is 5.66. The molecule has 6 nitrogen and oxygen atoms in total. The van der Waals surface area contributed by atoms with Crippen LogP contribution in [0.25, 0.3) is 0 Å². The summed E-state index contributed by atoms with van der Waals surface area (Å²) in [6.07, 6.45) is 0. The van der Waals surface area contributed by atoms with Crippen LogP contribution in [0.5, 0.6) is 11.5 Å². The molecule has 0 aliphatic heterocycles. The van der Waals surface area contributed by atoms with Gasteiger partial charge in [0.05, 0.1) is 14.2 Å². The van der Waals surface area contributed by atoms with E-state index in [1.807, 2.05) is 24.3 Å². The van der Waals surface area contributed by atoms with Crippen LogP contribution in [0.3, 0.4) is 0 Å². The summed E-state index contributed by atoms with van der Waals surface area (Å²) in [4.78, 5) is 25.1. The second-order valence-corrected chi connectivity index (χ2v) is 8.41. The van der Waals surface area contributed by atoms with E-state index >= 15 is 0 Å². The number of amides is 2. The number of methoxy groups -OCH3 is 2. The van der Waals surface area contributed by atoms with E-state index in [-0.39, 0.29) is 17.2 Å². The van der Waals surface area contributed by atoms with Crippen LogP contribution in [0.2, 0.25) is 0 Å². The van der Waals surface area contributed by atoms with Crippen molar-refractivity contribution >= 4 is 23.2 Å². The Morgan fingerprint density at radius 3 is 1.50 bits per heavy atom. The first-order chi connectivity index (χ1) is 15.2. The zero-order valence-electron chi connectivity index (χ0n) is 19.0. The lowest BCUT2D eigenvalue weighted by molar-refractivity contribution is 0.101. The van der Waals surface area contributed by atoms with E-state index in [2.05, 4.69) is 31.4 Å². The Balaban J connectivity index is 1.65. The monoisotopic (exact) mass is 432 g/mol. The predicted octanol–water partition coefficient (Wildman–Crippen LogP) is 5.51. The van der Waals surface area contributed by atoms with Gasteiger partial charge in [0.2, 0.25) is 0 Å². The predicted molar refractivity (Wildman–Crippen MR) is 127 cm³/mol. The van der Waals surface area contributed by atoms with Gasteiger partial charge in [-0.25, -0.2) is 0 Å². The van der Waals surface area contributed by atoms with Crippen molar-refractivity contribution in [2.24, 2.45) is 0 Å². The highest BCUT2D eigenvalue weighted by Crippen LogP contribution is 2.24. The summed E-state index contributed by atoms with van der Waals surface area (Å²) in [7, 11) is 3.06. The number of hydrogen-bond acceptors (Lipinski definition) is 4. The van der Waals surface area contributed by atoms with Crippen molar-refractivity contribution in [3.63, 3.8) is 0 Å². The molecule has 0 unspecified atom stereocenters. The fourth-order valence-electron chi connectivity index (χ4n) is 3.10. The van der Waals surface area contributed by atoms with Gasteiger partial charge in [0, 0.05) is 28.6 Å². The SMILES string of the molecule is COc1cc(OC)cc(C(=O)Nc2ccc(NC(=O)c3ccc(C(C)(C)C)cc3)cc2)c1. The molecule has 6 heteroatoms. The average Bonchev–Trinajstić information content (AvgIpc) is 2.79. The highest BCUT2D eigenvalue weighted by atomic mass is 16.5. The van der Waals surface area contributed by atoms with Gasteiger partial charge in [-0.2, -0.15) is 0 Å². The summed E-state index contributed by atoms with van der Waals surface area (Å²) < 4.78 is 10.4. The second-order valence-electron chi connectivity index (χ2n) is 8.41. The van der Waals surface area contributed by atoms with Gasteiger partial charge < -0.3 is 20.1 Å². The van der Waals surface area contributed by atoms with E-state index in [0.717, 1.165) is 0 Å². The third-order valence-corrected chi connectivity index (χ3v) is 5.03. The summed E-state index contributed by atoms with van der Waals surface area (Å²) in [6.45, 7) is 6.40. The first-order valence-corrected chi connectivity index (χ1v) is 10.3. The maximum atomic E-state index is 12.6. The van der Waals surface area contributed by atoms with Gasteiger partial charge in [-0.1, -0.05) is 32.9 Å². The van der Waals surface area contributed by atoms with Crippen LogP contribution in [0.1, 0.15) is 47.1 Å². The molecule has 0 aliphatic rings. The molecule has 0 heterocycles. The molecule has 2 N–H and O–H groups in total. The molecule has 3 aromatic carbocycles. The van der Waals surface area contributed by atoms with E-state index in [1.165, 1.54) is 19.8 Å². The highest BCUT2D eigenvalue weighted by Gasteiger charge is 2.15. The van der Waals surface area contributed by atoms with Crippen molar-refractivity contribution in [1.82, 2.24) is 0 Å². The van der Waals surface area contributed by atoms with Gasteiger partial charge in [-0.05, 0) is 59.5 Å². The molecule has 0 atom stereocenters. The van der Waals surface area contributed by atoms with E-state index < -0.39 is 0 Å². The Morgan fingerprint density at radius 1 is 0.656 bits per heavy atom. The van der Waals surface area contributed by atoms with E-state index in [1.54, 1.807) is 42.5 Å². The standard InChI is InChI=1S/C26H28N2O4/c1-26(2,3)19-8-6-17(7-9-19)24(29)27-20-10-12-21(13-11-20)28-25(30)18-14-22(31-4)16-23(15-18)32-5/h6-16H,1-5H3,(H,27,29)(H,28,30). The summed E-state index contributed by atoms with van der Waals surface area (Å²) in [5.74, 6) is 0.579. The largest absolute Gasteiger partial charge is 0.497 e. The van der Waals surface area contributed by atoms with Crippen LogP contribution in [0.4, 0.5) is 11.4 Å². The zero-order valence-corrected chi connectivity index (χ0v) is 19.0. The van der Waals surface area contributed by atoms with Crippen LogP contribution in [-0.4, -0.2) is 26.0 Å². The molecule has 0 bridgehead atoms. The fraction of sp³-hybridized carbons (Fsp3) is 0.231. The lowest BCUT2D eigenvalue weighted by Crippen LogP contribution is -2.14. The smallest absolute Gasteiger partial charge is 0.255 e. The third-order valence-electron chi connectivity index (χ3n) is 5.03. The number of rotatable bonds is 6. The first kappa shape index (κ1) is 22.9. The maximum absolute atomic E-state index is 12.6. The molecule has 0 aliphatic carbocycles. The Bertz CT molecular complexity index is 1080. The molecule has 0 saturated heterocycles. The normalized spacial score (nSPS) is 10.9.